The molecule has 0 saturated heterocycles. The Morgan fingerprint density at radius 3 is 1.13 bits per heavy atom. The first kappa shape index (κ1) is 18.3. The third-order valence-electron chi connectivity index (χ3n) is 4.74. The Balaban J connectivity index is 2.51. The smallest absolute Gasteiger partial charge is 0.117 e. The van der Waals surface area contributed by atoms with Crippen LogP contribution in [0.3, 0.4) is 0 Å². The Bertz CT molecular complexity index is 548. The molecule has 0 aliphatic heterocycles. The predicted octanol–water partition coefficient (Wildman–Crippen LogP) is 4.06. The van der Waals surface area contributed by atoms with Gasteiger partial charge in [0.15, 0.2) is 0 Å². The fraction of sp³-hybridized carbons (Fsp3) is 0.429. The molecular formula is C21H29ClSi. The van der Waals surface area contributed by atoms with Crippen molar-refractivity contribution in [3.05, 3.63) is 58.7 Å². The zero-order valence-corrected chi connectivity index (χ0v) is 16.9. The topological polar surface area (TPSA) is 0 Å². The van der Waals surface area contributed by atoms with Crippen molar-refractivity contribution in [1.29, 1.82) is 0 Å². The lowest BCUT2D eigenvalue weighted by atomic mass is 10.1. The molecule has 0 bridgehead atoms. The number of aryl methyl sites for hydroxylation is 4. The van der Waals surface area contributed by atoms with Crippen LogP contribution in [0.4, 0.5) is 0 Å². The molecule has 0 aromatic heterocycles. The lowest BCUT2D eigenvalue weighted by molar-refractivity contribution is 1.09. The Hall–Kier alpha value is -1.05. The Morgan fingerprint density at radius 2 is 0.913 bits per heavy atom. The third-order valence-corrected chi connectivity index (χ3v) is 8.25. The van der Waals surface area contributed by atoms with Gasteiger partial charge in [-0.3, -0.25) is 0 Å². The van der Waals surface area contributed by atoms with Gasteiger partial charge in [-0.15, -0.1) is 11.6 Å². The molecule has 0 fully saturated rings. The number of hydrogen-bond donors (Lipinski definition) is 0. The quantitative estimate of drug-likeness (QED) is 0.525. The number of benzene rings is 2. The zero-order valence-electron chi connectivity index (χ0n) is 15.0. The van der Waals surface area contributed by atoms with E-state index >= 15 is 0 Å². The number of hydrogen-bond acceptors (Lipinski definition) is 0. The monoisotopic (exact) mass is 344 g/mol. The molecule has 0 aliphatic rings. The third kappa shape index (κ3) is 4.48. The van der Waals surface area contributed by atoms with E-state index in [1.54, 1.807) is 0 Å². The van der Waals surface area contributed by atoms with Gasteiger partial charge in [-0.2, -0.15) is 0 Å². The van der Waals surface area contributed by atoms with Crippen LogP contribution in [0.1, 0.15) is 49.9 Å². The molecule has 2 aromatic carbocycles. The average Bonchev–Trinajstić information content (AvgIpc) is 2.61. The largest absolute Gasteiger partial charge is 0.130 e. The molecule has 0 nitrogen and oxygen atoms in total. The molecule has 0 atom stereocenters. The highest BCUT2D eigenvalue weighted by atomic mass is 35.5. The van der Waals surface area contributed by atoms with E-state index in [9.17, 15) is 0 Å². The highest BCUT2D eigenvalue weighted by molar-refractivity contribution is 6.89. The van der Waals surface area contributed by atoms with Gasteiger partial charge < -0.3 is 0 Å². The summed E-state index contributed by atoms with van der Waals surface area (Å²) in [6, 6.07) is 14.3. The maximum Gasteiger partial charge on any atom is 0.117 e. The van der Waals surface area contributed by atoms with Crippen LogP contribution in [-0.2, 0) is 25.7 Å². The summed E-state index contributed by atoms with van der Waals surface area (Å²) in [4.78, 5) is 0. The minimum absolute atomic E-state index is 0.770. The molecule has 0 radical (unpaired) electrons. The first-order chi connectivity index (χ1) is 11.1. The summed E-state index contributed by atoms with van der Waals surface area (Å²) in [5.74, 6) is 0. The van der Waals surface area contributed by atoms with Crippen LogP contribution in [0.15, 0.2) is 36.4 Å². The van der Waals surface area contributed by atoms with Crippen molar-refractivity contribution in [1.82, 2.24) is 0 Å². The highest BCUT2D eigenvalue weighted by Crippen LogP contribution is 2.10. The summed E-state index contributed by atoms with van der Waals surface area (Å²) in [6.45, 7) is 8.96. The van der Waals surface area contributed by atoms with Crippen molar-refractivity contribution in [2.75, 3.05) is 5.50 Å². The van der Waals surface area contributed by atoms with E-state index in [1.807, 2.05) is 0 Å². The van der Waals surface area contributed by atoms with E-state index in [4.69, 9.17) is 11.6 Å². The van der Waals surface area contributed by atoms with Crippen LogP contribution in [0.25, 0.3) is 0 Å². The van der Waals surface area contributed by atoms with Crippen molar-refractivity contribution in [3.63, 3.8) is 0 Å². The van der Waals surface area contributed by atoms with Gasteiger partial charge in [0.2, 0.25) is 0 Å². The van der Waals surface area contributed by atoms with Crippen LogP contribution in [-0.4, -0.2) is 14.3 Å². The summed E-state index contributed by atoms with van der Waals surface area (Å²) >= 11 is 6.48. The number of halogens is 1. The van der Waals surface area contributed by atoms with Gasteiger partial charge in [0.25, 0.3) is 0 Å². The fourth-order valence-corrected chi connectivity index (χ4v) is 6.64. The van der Waals surface area contributed by atoms with E-state index in [-0.39, 0.29) is 0 Å². The lowest BCUT2D eigenvalue weighted by Gasteiger charge is -2.18. The number of rotatable bonds is 7. The molecular weight excluding hydrogens is 316 g/mol. The standard InChI is InChI=1S/C21H29ClSi/c1-5-16-9-17(6-2)12-20(11-16)23(15-22)21-13-18(7-3)10-19(8-4)14-21/h9-14,23H,5-8,15H2,1-4H3. The lowest BCUT2D eigenvalue weighted by Crippen LogP contribution is -2.45. The maximum absolute atomic E-state index is 6.48. The maximum atomic E-state index is 6.48. The van der Waals surface area contributed by atoms with Crippen molar-refractivity contribution in [2.24, 2.45) is 0 Å². The van der Waals surface area contributed by atoms with E-state index in [0.29, 0.717) is 0 Å². The first-order valence-electron chi connectivity index (χ1n) is 8.96. The molecule has 124 valence electrons. The molecule has 0 amide bonds. The fourth-order valence-electron chi connectivity index (χ4n) is 3.17. The second kappa shape index (κ2) is 8.70. The van der Waals surface area contributed by atoms with Gasteiger partial charge in [0.1, 0.15) is 8.80 Å². The average molecular weight is 345 g/mol. The summed E-state index contributed by atoms with van der Waals surface area (Å²) in [6.07, 6.45) is 4.39. The Labute approximate surface area is 148 Å². The second-order valence-corrected chi connectivity index (χ2v) is 9.96. The molecule has 2 aromatic rings. The minimum Gasteiger partial charge on any atom is -0.130 e. The van der Waals surface area contributed by atoms with Crippen LogP contribution >= 0.6 is 11.6 Å². The summed E-state index contributed by atoms with van der Waals surface area (Å²) < 4.78 is 0. The van der Waals surface area contributed by atoms with Gasteiger partial charge in [0.05, 0.1) is 0 Å². The first-order valence-corrected chi connectivity index (χ1v) is 11.5. The van der Waals surface area contributed by atoms with E-state index in [0.717, 1.165) is 31.2 Å². The van der Waals surface area contributed by atoms with Crippen molar-refractivity contribution in [3.8, 4) is 0 Å². The SMILES string of the molecule is CCc1cc(CC)cc([SiH](CCl)c2cc(CC)cc(CC)c2)c1. The molecule has 2 rings (SSSR count). The Kier molecular flexibility index (Phi) is 6.92. The molecule has 2 heteroatoms. The summed E-state index contributed by atoms with van der Waals surface area (Å²) in [7, 11) is -1.33. The molecule has 0 saturated carbocycles. The van der Waals surface area contributed by atoms with E-state index < -0.39 is 8.80 Å². The van der Waals surface area contributed by atoms with Crippen LogP contribution in [0.5, 0.6) is 0 Å². The highest BCUT2D eigenvalue weighted by Gasteiger charge is 2.17. The molecule has 0 spiro atoms. The van der Waals surface area contributed by atoms with Gasteiger partial charge in [-0.1, -0.05) is 74.5 Å². The minimum atomic E-state index is -1.33. The summed E-state index contributed by atoms with van der Waals surface area (Å²) in [5.41, 5.74) is 6.56. The van der Waals surface area contributed by atoms with Crippen molar-refractivity contribution >= 4 is 30.8 Å². The molecule has 0 unspecified atom stereocenters. The second-order valence-electron chi connectivity index (χ2n) is 6.29. The normalized spacial score (nSPS) is 11.2. The molecule has 0 heterocycles. The molecule has 0 aliphatic carbocycles. The molecule has 23 heavy (non-hydrogen) atoms. The van der Waals surface area contributed by atoms with Gasteiger partial charge in [-0.05, 0) is 47.9 Å². The van der Waals surface area contributed by atoms with Crippen LogP contribution in [0, 0.1) is 0 Å². The summed E-state index contributed by atoms with van der Waals surface area (Å²) in [5, 5.41) is 3.01. The predicted molar refractivity (Wildman–Crippen MR) is 108 cm³/mol. The van der Waals surface area contributed by atoms with Gasteiger partial charge in [-0.25, -0.2) is 0 Å². The van der Waals surface area contributed by atoms with E-state index in [2.05, 4.69) is 64.1 Å². The Morgan fingerprint density at radius 1 is 0.609 bits per heavy atom. The molecule has 0 N–H and O–H groups in total. The van der Waals surface area contributed by atoms with Gasteiger partial charge >= 0.3 is 0 Å². The number of alkyl halides is 1. The zero-order chi connectivity index (χ0) is 16.8. The van der Waals surface area contributed by atoms with Crippen molar-refractivity contribution < 1.29 is 0 Å². The van der Waals surface area contributed by atoms with Crippen LogP contribution in [0.2, 0.25) is 0 Å². The van der Waals surface area contributed by atoms with Gasteiger partial charge in [0, 0.05) is 5.50 Å². The van der Waals surface area contributed by atoms with E-state index in [1.165, 1.54) is 32.6 Å². The van der Waals surface area contributed by atoms with Crippen LogP contribution < -0.4 is 10.4 Å². The van der Waals surface area contributed by atoms with Crippen molar-refractivity contribution in [2.45, 2.75) is 53.4 Å².